The largest absolute Gasteiger partial charge is 0.500 e. The first kappa shape index (κ1) is 43.1. The molecule has 2 aliphatic rings. The third kappa shape index (κ3) is 9.79. The van der Waals surface area contributed by atoms with Crippen molar-refractivity contribution < 1.29 is 34.0 Å². The van der Waals surface area contributed by atoms with Crippen molar-refractivity contribution in [1.82, 2.24) is 15.0 Å². The Morgan fingerprint density at radius 3 is 1.56 bits per heavy atom. The van der Waals surface area contributed by atoms with Gasteiger partial charge in [-0.2, -0.15) is 0 Å². The fourth-order valence-corrected chi connectivity index (χ4v) is 7.14. The molecular formula is C54H44IrN3O4-. The van der Waals surface area contributed by atoms with Crippen molar-refractivity contribution in [2.45, 2.75) is 40.5 Å². The van der Waals surface area contributed by atoms with Crippen LogP contribution in [0.1, 0.15) is 33.4 Å². The van der Waals surface area contributed by atoms with E-state index in [0.29, 0.717) is 21.9 Å². The summed E-state index contributed by atoms with van der Waals surface area (Å²) < 4.78 is 17.3. The van der Waals surface area contributed by atoms with Gasteiger partial charge in [0.25, 0.3) is 0 Å². The summed E-state index contributed by atoms with van der Waals surface area (Å²) in [4.78, 5) is 26.0. The molecule has 0 fully saturated rings. The summed E-state index contributed by atoms with van der Waals surface area (Å²) in [5.41, 5.74) is 13.9. The Bertz CT molecular complexity index is 2990. The van der Waals surface area contributed by atoms with Crippen molar-refractivity contribution in [2.24, 2.45) is 0 Å². The Labute approximate surface area is 375 Å². The number of allylic oxidation sites excluding steroid dienone is 4. The molecule has 0 bridgehead atoms. The van der Waals surface area contributed by atoms with Crippen molar-refractivity contribution in [3.05, 3.63) is 220 Å². The van der Waals surface area contributed by atoms with Crippen LogP contribution in [0, 0.1) is 33.8 Å². The fourth-order valence-electron chi connectivity index (χ4n) is 7.14. The Morgan fingerprint density at radius 2 is 1.05 bits per heavy atom. The van der Waals surface area contributed by atoms with Crippen LogP contribution in [0.25, 0.3) is 55.7 Å². The van der Waals surface area contributed by atoms with Crippen LogP contribution in [-0.2, 0) is 32.9 Å². The minimum atomic E-state index is -0.0205. The third-order valence-electron chi connectivity index (χ3n) is 10.4. The minimum absolute atomic E-state index is 0. The average molecular weight is 991 g/mol. The van der Waals surface area contributed by atoms with Gasteiger partial charge in [0.15, 0.2) is 5.43 Å². The van der Waals surface area contributed by atoms with E-state index in [0.717, 1.165) is 80.8 Å². The maximum Gasteiger partial charge on any atom is 0.182 e. The number of pyridine rings is 3. The molecule has 2 aliphatic heterocycles. The van der Waals surface area contributed by atoms with Crippen LogP contribution in [-0.4, -0.2) is 15.0 Å². The first-order chi connectivity index (χ1) is 29.6. The van der Waals surface area contributed by atoms with E-state index in [4.69, 9.17) is 13.9 Å². The summed E-state index contributed by atoms with van der Waals surface area (Å²) in [6.07, 6.45) is 14.7. The molecule has 0 saturated carbocycles. The van der Waals surface area contributed by atoms with Gasteiger partial charge in [-0.05, 0) is 177 Å². The Morgan fingerprint density at radius 1 is 0.565 bits per heavy atom. The first-order valence-electron chi connectivity index (χ1n) is 20.1. The van der Waals surface area contributed by atoms with E-state index in [2.05, 4.69) is 72.3 Å². The van der Waals surface area contributed by atoms with E-state index in [1.165, 1.54) is 22.3 Å². The van der Waals surface area contributed by atoms with E-state index >= 15 is 0 Å². The van der Waals surface area contributed by atoms with E-state index in [9.17, 15) is 4.79 Å². The van der Waals surface area contributed by atoms with Gasteiger partial charge in [0.05, 0.1) is 22.4 Å². The maximum absolute atomic E-state index is 12.8. The van der Waals surface area contributed by atoms with Gasteiger partial charge in [0.1, 0.15) is 28.6 Å². The maximum atomic E-state index is 12.8. The van der Waals surface area contributed by atoms with E-state index in [-0.39, 0.29) is 25.5 Å². The van der Waals surface area contributed by atoms with Crippen LogP contribution in [0.2, 0.25) is 0 Å². The molecule has 0 aliphatic carbocycles. The molecule has 8 heteroatoms. The van der Waals surface area contributed by atoms with Gasteiger partial charge in [-0.25, -0.2) is 0 Å². The number of aromatic nitrogens is 3. The van der Waals surface area contributed by atoms with Crippen molar-refractivity contribution in [2.75, 3.05) is 0 Å². The van der Waals surface area contributed by atoms with Crippen LogP contribution in [0.15, 0.2) is 180 Å². The molecule has 7 nitrogen and oxygen atoms in total. The van der Waals surface area contributed by atoms with Gasteiger partial charge in [0, 0.05) is 49.8 Å². The molecule has 0 spiro atoms. The van der Waals surface area contributed by atoms with Crippen LogP contribution in [0.4, 0.5) is 0 Å². The van der Waals surface area contributed by atoms with Crippen LogP contribution in [0.3, 0.4) is 0 Å². The summed E-state index contributed by atoms with van der Waals surface area (Å²) in [6, 6.07) is 36.8. The second-order valence-corrected chi connectivity index (χ2v) is 15.1. The monoisotopic (exact) mass is 991 g/mol. The number of hydrogen-bond acceptors (Lipinski definition) is 7. The first-order valence-corrected chi connectivity index (χ1v) is 20.1. The van der Waals surface area contributed by atoms with Crippen molar-refractivity contribution in [3.8, 4) is 45.3 Å². The van der Waals surface area contributed by atoms with Crippen LogP contribution >= 0.6 is 0 Å². The smallest absolute Gasteiger partial charge is 0.182 e. The topological polar surface area (TPSA) is 87.3 Å². The molecule has 10 rings (SSSR count). The summed E-state index contributed by atoms with van der Waals surface area (Å²) in [7, 11) is 0. The van der Waals surface area contributed by atoms with Crippen LogP contribution in [0.5, 0.6) is 11.5 Å². The quantitative estimate of drug-likeness (QED) is 0.125. The molecule has 309 valence electrons. The summed E-state index contributed by atoms with van der Waals surface area (Å²) >= 11 is 0. The predicted molar refractivity (Wildman–Crippen MR) is 246 cm³/mol. The predicted octanol–water partition coefficient (Wildman–Crippen LogP) is 12.5. The number of rotatable bonds is 5. The van der Waals surface area contributed by atoms with Gasteiger partial charge >= 0.3 is 0 Å². The number of hydrogen-bond donors (Lipinski definition) is 0. The van der Waals surface area contributed by atoms with E-state index in [1.807, 2.05) is 111 Å². The number of fused-ring (bicyclic) bond motifs is 4. The second-order valence-electron chi connectivity index (χ2n) is 15.1. The van der Waals surface area contributed by atoms with Crippen molar-refractivity contribution in [1.29, 1.82) is 0 Å². The average Bonchev–Trinajstić information content (AvgIpc) is 3.29. The molecule has 62 heavy (non-hydrogen) atoms. The van der Waals surface area contributed by atoms with E-state index < -0.39 is 0 Å². The molecule has 8 aromatic rings. The van der Waals surface area contributed by atoms with Gasteiger partial charge in [-0.1, -0.05) is 36.4 Å². The molecule has 1 radical (unpaired) electrons. The minimum Gasteiger partial charge on any atom is -0.500 e. The number of ether oxygens (including phenoxy) is 2. The SMILES string of the molecule is C=CC1=CCc2cc(-c3cc(C)ccn3)ccc2O1.C=CC1=CCc2cc(-c3cc(C)ccn3)ccc2O1.Cc1ccnc(-c2[c-]cc3oc4ccc(C)cc4c(=O)c3c2)c1.[Ir]. The molecule has 4 aromatic heterocycles. The van der Waals surface area contributed by atoms with Crippen LogP contribution < -0.4 is 14.9 Å². The molecule has 4 aromatic carbocycles. The molecular weight excluding hydrogens is 947 g/mol. The zero-order valence-corrected chi connectivity index (χ0v) is 37.4. The van der Waals surface area contributed by atoms with Gasteiger partial charge < -0.3 is 18.9 Å². The Balaban J connectivity index is 0.000000140. The molecule has 0 saturated heterocycles. The molecule has 0 atom stereocenters. The Hall–Kier alpha value is -6.99. The van der Waals surface area contributed by atoms with Crippen molar-refractivity contribution in [3.63, 3.8) is 0 Å². The van der Waals surface area contributed by atoms with Gasteiger partial charge in [0.2, 0.25) is 0 Å². The number of aryl methyl sites for hydroxylation is 4. The number of benzene rings is 4. The molecule has 0 unspecified atom stereocenters. The molecule has 0 N–H and O–H groups in total. The molecule has 0 amide bonds. The number of nitrogens with zero attached hydrogens (tertiary/aromatic N) is 3. The Kier molecular flexibility index (Phi) is 13.3. The fraction of sp³-hybridized carbons (Fsp3) is 0.111. The second kappa shape index (κ2) is 19.2. The van der Waals surface area contributed by atoms with Crippen molar-refractivity contribution >= 4 is 21.9 Å². The van der Waals surface area contributed by atoms with Gasteiger partial charge in [-0.3, -0.25) is 14.8 Å². The zero-order chi connectivity index (χ0) is 42.5. The third-order valence-corrected chi connectivity index (χ3v) is 10.4. The summed E-state index contributed by atoms with van der Waals surface area (Å²) in [6.45, 7) is 15.6. The molecule has 6 heterocycles. The zero-order valence-electron chi connectivity index (χ0n) is 35.0. The summed E-state index contributed by atoms with van der Waals surface area (Å²) in [5.74, 6) is 3.48. The normalized spacial score (nSPS) is 12.3. The van der Waals surface area contributed by atoms with E-state index in [1.54, 1.807) is 24.4 Å². The van der Waals surface area contributed by atoms with Gasteiger partial charge in [-0.15, -0.1) is 23.8 Å². The standard InChI is InChI=1S/C20H14NO2.2C17H15NO.Ir/c1-12-3-5-18-15(9-12)20(22)16-11-14(4-6-19(16)23-18)17-10-13(2)7-8-21-17;2*1-3-15-6-4-14-11-13(5-7-17(14)19-15)16-10-12(2)8-9-18-16;/h3,5-11H,1-2H3;2*3,5-11H,1,4H2,2H3;/q-1;;;. The summed E-state index contributed by atoms with van der Waals surface area (Å²) in [5, 5.41) is 1.16.